The molecule has 136 valence electrons. The predicted octanol–water partition coefficient (Wildman–Crippen LogP) is 4.32. The van der Waals surface area contributed by atoms with Gasteiger partial charge in [0.25, 0.3) is 0 Å². The summed E-state index contributed by atoms with van der Waals surface area (Å²) < 4.78 is 31.9. The molecule has 3 rings (SSSR count). The maximum Gasteiger partial charge on any atom is 0.242 e. The first kappa shape index (κ1) is 19.1. The lowest BCUT2D eigenvalue weighted by molar-refractivity contribution is 0.376. The summed E-state index contributed by atoms with van der Waals surface area (Å²) >= 11 is 17.6. The summed E-state index contributed by atoms with van der Waals surface area (Å²) in [5, 5.41) is 5.02. The molecule has 0 spiro atoms. The van der Waals surface area contributed by atoms with Crippen molar-refractivity contribution in [1.29, 1.82) is 0 Å². The van der Waals surface area contributed by atoms with E-state index >= 15 is 0 Å². The number of sulfonamides is 1. The Morgan fingerprint density at radius 2 is 1.85 bits per heavy atom. The average molecular weight is 433 g/mol. The molecule has 0 radical (unpaired) electrons. The number of hydrogen-bond acceptors (Lipinski definition) is 5. The number of nitrogens with zero attached hydrogens (tertiary/aromatic N) is 2. The van der Waals surface area contributed by atoms with Crippen molar-refractivity contribution >= 4 is 44.8 Å². The molecule has 26 heavy (non-hydrogen) atoms. The van der Waals surface area contributed by atoms with Gasteiger partial charge in [-0.1, -0.05) is 58.2 Å². The van der Waals surface area contributed by atoms with Gasteiger partial charge in [0, 0.05) is 10.6 Å². The van der Waals surface area contributed by atoms with Crippen LogP contribution in [0.1, 0.15) is 11.5 Å². The van der Waals surface area contributed by atoms with E-state index < -0.39 is 10.0 Å². The van der Waals surface area contributed by atoms with Crippen molar-refractivity contribution < 1.29 is 12.9 Å². The van der Waals surface area contributed by atoms with Crippen LogP contribution < -0.4 is 4.72 Å². The number of hydrogen-bond donors (Lipinski definition) is 1. The van der Waals surface area contributed by atoms with Crippen LogP contribution in [0.5, 0.6) is 0 Å². The molecule has 1 N–H and O–H groups in total. The van der Waals surface area contributed by atoms with Gasteiger partial charge in [0.2, 0.25) is 21.7 Å². The van der Waals surface area contributed by atoms with Gasteiger partial charge in [-0.15, -0.1) is 0 Å². The van der Waals surface area contributed by atoms with E-state index in [0.717, 1.165) is 0 Å². The van der Waals surface area contributed by atoms with Crippen LogP contribution in [0.15, 0.2) is 47.0 Å². The lowest BCUT2D eigenvalue weighted by Crippen LogP contribution is -2.24. The van der Waals surface area contributed by atoms with E-state index in [9.17, 15) is 8.42 Å². The normalized spacial score (nSPS) is 11.7. The zero-order valence-corrected chi connectivity index (χ0v) is 16.2. The highest BCUT2D eigenvalue weighted by Crippen LogP contribution is 2.23. The minimum Gasteiger partial charge on any atom is -0.338 e. The Bertz CT molecular complexity index is 1040. The molecule has 0 aliphatic carbocycles. The van der Waals surface area contributed by atoms with E-state index in [1.54, 1.807) is 36.4 Å². The molecule has 6 nitrogen and oxygen atoms in total. The zero-order valence-electron chi connectivity index (χ0n) is 13.1. The number of aromatic nitrogens is 2. The fourth-order valence-corrected chi connectivity index (χ4v) is 3.72. The molecule has 0 aliphatic rings. The number of rotatable bonds is 6. The first-order chi connectivity index (χ1) is 12.3. The standard InChI is InChI=1S/C16H12Cl3N3O3S/c17-12-3-1-2-11(7-12)16-21-15(25-22-16)8-20-26(23,24)9-10-4-5-13(18)14(19)6-10/h1-7,20H,8-9H2. The third-order valence-electron chi connectivity index (χ3n) is 3.33. The Kier molecular flexibility index (Phi) is 5.84. The molecule has 0 bridgehead atoms. The van der Waals surface area contributed by atoms with E-state index in [-0.39, 0.29) is 18.2 Å². The molecule has 3 aromatic rings. The summed E-state index contributed by atoms with van der Waals surface area (Å²) in [6.45, 7) is -0.128. The predicted molar refractivity (Wildman–Crippen MR) is 101 cm³/mol. The van der Waals surface area contributed by atoms with Crippen LogP contribution in [-0.4, -0.2) is 18.6 Å². The van der Waals surface area contributed by atoms with Crippen LogP contribution >= 0.6 is 34.8 Å². The summed E-state index contributed by atoms with van der Waals surface area (Å²) in [7, 11) is -3.63. The first-order valence-electron chi connectivity index (χ1n) is 7.32. The third-order valence-corrected chi connectivity index (χ3v) is 5.61. The van der Waals surface area contributed by atoms with Gasteiger partial charge in [-0.2, -0.15) is 4.98 Å². The van der Waals surface area contributed by atoms with E-state index in [1.165, 1.54) is 6.07 Å². The van der Waals surface area contributed by atoms with Gasteiger partial charge >= 0.3 is 0 Å². The Balaban J connectivity index is 1.65. The van der Waals surface area contributed by atoms with Crippen molar-refractivity contribution in [3.05, 3.63) is 69.0 Å². The molecule has 10 heteroatoms. The van der Waals surface area contributed by atoms with Crippen molar-refractivity contribution in [3.63, 3.8) is 0 Å². The fraction of sp³-hybridized carbons (Fsp3) is 0.125. The molecule has 0 fully saturated rings. The van der Waals surface area contributed by atoms with E-state index in [4.69, 9.17) is 39.3 Å². The molecule has 0 amide bonds. The molecule has 0 aliphatic heterocycles. The topological polar surface area (TPSA) is 85.1 Å². The zero-order chi connectivity index (χ0) is 18.7. The first-order valence-corrected chi connectivity index (χ1v) is 10.1. The summed E-state index contributed by atoms with van der Waals surface area (Å²) in [5.41, 5.74) is 1.18. The number of nitrogens with one attached hydrogen (secondary N) is 1. The minimum atomic E-state index is -3.63. The smallest absolute Gasteiger partial charge is 0.242 e. The summed E-state index contributed by atoms with van der Waals surface area (Å²) in [5.74, 6) is 0.211. The van der Waals surface area contributed by atoms with Gasteiger partial charge in [-0.05, 0) is 29.8 Å². The third kappa shape index (κ3) is 4.96. The van der Waals surface area contributed by atoms with Crippen LogP contribution in [0, 0.1) is 0 Å². The lowest BCUT2D eigenvalue weighted by Gasteiger charge is -2.05. The molecule has 0 saturated heterocycles. The molecule has 2 aromatic carbocycles. The highest BCUT2D eigenvalue weighted by atomic mass is 35.5. The van der Waals surface area contributed by atoms with Crippen LogP contribution in [0.2, 0.25) is 15.1 Å². The largest absolute Gasteiger partial charge is 0.338 e. The van der Waals surface area contributed by atoms with Gasteiger partial charge in [0.05, 0.1) is 22.3 Å². The van der Waals surface area contributed by atoms with Gasteiger partial charge in [0.1, 0.15) is 0 Å². The molecule has 0 saturated carbocycles. The highest BCUT2D eigenvalue weighted by Gasteiger charge is 2.15. The van der Waals surface area contributed by atoms with Crippen molar-refractivity contribution in [2.75, 3.05) is 0 Å². The van der Waals surface area contributed by atoms with Crippen LogP contribution in [0.4, 0.5) is 0 Å². The summed E-state index contributed by atoms with van der Waals surface area (Å²) in [4.78, 5) is 4.16. The molecular formula is C16H12Cl3N3O3S. The summed E-state index contributed by atoms with van der Waals surface area (Å²) in [6, 6.07) is 11.6. The Morgan fingerprint density at radius 3 is 2.58 bits per heavy atom. The Labute approximate surface area is 165 Å². The molecule has 0 unspecified atom stereocenters. The fourth-order valence-electron chi connectivity index (χ4n) is 2.14. The van der Waals surface area contributed by atoms with Crippen molar-refractivity contribution in [1.82, 2.24) is 14.9 Å². The second kappa shape index (κ2) is 7.94. The van der Waals surface area contributed by atoms with Gasteiger partial charge in [0.15, 0.2) is 0 Å². The Hall–Kier alpha value is -1.64. The van der Waals surface area contributed by atoms with Gasteiger partial charge in [-0.25, -0.2) is 13.1 Å². The number of benzene rings is 2. The highest BCUT2D eigenvalue weighted by molar-refractivity contribution is 7.88. The monoisotopic (exact) mass is 431 g/mol. The van der Waals surface area contributed by atoms with E-state index in [1.807, 2.05) is 0 Å². The van der Waals surface area contributed by atoms with Crippen LogP contribution in [0.25, 0.3) is 11.4 Å². The van der Waals surface area contributed by atoms with Crippen LogP contribution in [-0.2, 0) is 22.3 Å². The van der Waals surface area contributed by atoms with Crippen molar-refractivity contribution in [2.24, 2.45) is 0 Å². The number of halogens is 3. The molecule has 0 atom stereocenters. The average Bonchev–Trinajstić information content (AvgIpc) is 3.05. The van der Waals surface area contributed by atoms with Gasteiger partial charge < -0.3 is 4.52 Å². The molecule has 1 aromatic heterocycles. The van der Waals surface area contributed by atoms with Crippen molar-refractivity contribution in [3.8, 4) is 11.4 Å². The summed E-state index contributed by atoms with van der Waals surface area (Å²) in [6.07, 6.45) is 0. The Morgan fingerprint density at radius 1 is 1.04 bits per heavy atom. The van der Waals surface area contributed by atoms with Crippen molar-refractivity contribution in [2.45, 2.75) is 12.3 Å². The quantitative estimate of drug-likeness (QED) is 0.627. The maximum absolute atomic E-state index is 12.2. The van der Waals surface area contributed by atoms with E-state index in [2.05, 4.69) is 14.9 Å². The van der Waals surface area contributed by atoms with E-state index in [0.29, 0.717) is 32.0 Å². The molecular weight excluding hydrogens is 421 g/mol. The van der Waals surface area contributed by atoms with Gasteiger partial charge in [-0.3, -0.25) is 0 Å². The van der Waals surface area contributed by atoms with Crippen LogP contribution in [0.3, 0.4) is 0 Å². The maximum atomic E-state index is 12.2. The second-order valence-electron chi connectivity index (χ2n) is 5.35. The lowest BCUT2D eigenvalue weighted by atomic mass is 10.2. The SMILES string of the molecule is O=S(=O)(Cc1ccc(Cl)c(Cl)c1)NCc1nc(-c2cccc(Cl)c2)no1. The second-order valence-corrected chi connectivity index (χ2v) is 8.41. The molecule has 1 heterocycles. The minimum absolute atomic E-state index is 0.128.